The fourth-order valence-corrected chi connectivity index (χ4v) is 9.71. The molecule has 9 nitrogen and oxygen atoms in total. The predicted molar refractivity (Wildman–Crippen MR) is 156 cm³/mol. The molecule has 0 aromatic heterocycles. The van der Waals surface area contributed by atoms with E-state index in [9.17, 15) is 29.9 Å². The van der Waals surface area contributed by atoms with Crippen molar-refractivity contribution < 1.29 is 24.6 Å². The quantitative estimate of drug-likeness (QED) is 0.156. The van der Waals surface area contributed by atoms with E-state index in [-0.39, 0.29) is 59.6 Å². The fourth-order valence-electron chi connectivity index (χ4n) is 4.40. The highest BCUT2D eigenvalue weighted by atomic mass is 32.2. The van der Waals surface area contributed by atoms with Crippen molar-refractivity contribution in [3.8, 4) is 17.6 Å². The monoisotopic (exact) mass is 618 g/mol. The van der Waals surface area contributed by atoms with Gasteiger partial charge in [0.05, 0.1) is 41.1 Å². The molecule has 0 atom stereocenters. The van der Waals surface area contributed by atoms with Gasteiger partial charge in [-0.15, -0.1) is 0 Å². The Morgan fingerprint density at radius 1 is 0.756 bits per heavy atom. The molecule has 0 aliphatic carbocycles. The number of hydrazine groups is 1. The molecule has 3 aromatic carbocycles. The molecule has 3 aromatic rings. The summed E-state index contributed by atoms with van der Waals surface area (Å²) in [4.78, 5) is 40.4. The smallest absolute Gasteiger partial charge is 0.280 e. The number of rotatable bonds is 5. The molecule has 3 heterocycles. The Morgan fingerprint density at radius 3 is 1.56 bits per heavy atom. The van der Waals surface area contributed by atoms with Gasteiger partial charge in [-0.05, 0) is 11.1 Å². The van der Waals surface area contributed by atoms with Gasteiger partial charge >= 0.3 is 0 Å². The Balaban J connectivity index is 1.38. The second kappa shape index (κ2) is 10.8. The Morgan fingerprint density at radius 2 is 1.17 bits per heavy atom. The van der Waals surface area contributed by atoms with E-state index in [2.05, 4.69) is 0 Å². The van der Waals surface area contributed by atoms with Gasteiger partial charge in [-0.2, -0.15) is 5.26 Å². The normalized spacial score (nSPS) is 15.8. The van der Waals surface area contributed by atoms with Gasteiger partial charge in [-0.25, -0.2) is 10.0 Å². The Hall–Kier alpha value is -3.96. The number of benzene rings is 3. The van der Waals surface area contributed by atoms with E-state index in [1.54, 1.807) is 6.07 Å². The molecule has 41 heavy (non-hydrogen) atoms. The van der Waals surface area contributed by atoms with Crippen LogP contribution in [0.3, 0.4) is 0 Å². The number of thioether (sulfide) groups is 4. The topological polar surface area (TPSA) is 148 Å². The number of primary amides is 1. The summed E-state index contributed by atoms with van der Waals surface area (Å²) >= 11 is 3.98. The molecule has 0 radical (unpaired) electrons. The highest BCUT2D eigenvalue weighted by Gasteiger charge is 2.46. The minimum absolute atomic E-state index is 0.0385. The number of aromatic hydroxyl groups is 2. The van der Waals surface area contributed by atoms with Crippen LogP contribution in [0.4, 0.5) is 0 Å². The zero-order valence-electron chi connectivity index (χ0n) is 20.9. The maximum Gasteiger partial charge on any atom is 0.280 e. The number of phenols is 2. The summed E-state index contributed by atoms with van der Waals surface area (Å²) in [5, 5.41) is 34.5. The lowest BCUT2D eigenvalue weighted by Gasteiger charge is -2.27. The van der Waals surface area contributed by atoms with Crippen LogP contribution in [-0.2, 0) is 27.5 Å². The Bertz CT molecular complexity index is 1650. The van der Waals surface area contributed by atoms with Crippen LogP contribution >= 0.6 is 47.0 Å². The molecule has 3 aliphatic rings. The number of amides is 3. The number of phenolic OH excluding ortho intramolecular Hbond substituents is 2. The minimum atomic E-state index is -0.907. The maximum atomic E-state index is 13.8. The van der Waals surface area contributed by atoms with Crippen molar-refractivity contribution >= 4 is 64.8 Å². The van der Waals surface area contributed by atoms with E-state index in [1.165, 1.54) is 10.0 Å². The van der Waals surface area contributed by atoms with Crippen molar-refractivity contribution in [2.45, 2.75) is 32.7 Å². The van der Waals surface area contributed by atoms with E-state index >= 15 is 0 Å². The van der Waals surface area contributed by atoms with Gasteiger partial charge < -0.3 is 15.9 Å². The number of carbonyl (C=O) groups is 3. The van der Waals surface area contributed by atoms with Crippen LogP contribution in [0.25, 0.3) is 0 Å². The summed E-state index contributed by atoms with van der Waals surface area (Å²) in [6, 6.07) is 20.5. The molecule has 4 N–H and O–H groups in total. The Kier molecular flexibility index (Phi) is 7.16. The first-order valence-corrected chi connectivity index (χ1v) is 15.3. The summed E-state index contributed by atoms with van der Waals surface area (Å²) < 4.78 is 0.602. The van der Waals surface area contributed by atoms with E-state index < -0.39 is 17.7 Å². The van der Waals surface area contributed by atoms with Gasteiger partial charge in [-0.1, -0.05) is 108 Å². The van der Waals surface area contributed by atoms with Crippen LogP contribution in [0.15, 0.2) is 99.9 Å². The molecule has 0 unspecified atom stereocenters. The molecular weight excluding hydrogens is 601 g/mol. The van der Waals surface area contributed by atoms with Crippen LogP contribution in [-0.4, -0.2) is 38.0 Å². The standard InChI is InChI=1S/C28H18N4O5S4/c29-11-16(24(30)35)27-38-20-18(33)22-23(19(34)21(20)39-27)41-28(40-22)17-25(36)31(12-14-7-3-1-4-8-14)32(26(17)37)13-15-9-5-2-6-10-15/h1-10,33-34H,12-13H2,(H2,30,35). The number of nitrogens with zero attached hydrogens (tertiary/aromatic N) is 3. The third kappa shape index (κ3) is 4.72. The van der Waals surface area contributed by atoms with Crippen molar-refractivity contribution in [2.24, 2.45) is 5.73 Å². The summed E-state index contributed by atoms with van der Waals surface area (Å²) in [7, 11) is 0. The lowest BCUT2D eigenvalue weighted by molar-refractivity contribution is -0.149. The maximum absolute atomic E-state index is 13.8. The van der Waals surface area contributed by atoms with Crippen LogP contribution in [0.2, 0.25) is 0 Å². The van der Waals surface area contributed by atoms with Crippen molar-refractivity contribution in [3.63, 3.8) is 0 Å². The van der Waals surface area contributed by atoms with Gasteiger partial charge in [0.2, 0.25) is 0 Å². The molecular formula is C28H18N4O5S4. The van der Waals surface area contributed by atoms with Crippen LogP contribution in [0.1, 0.15) is 11.1 Å². The average Bonchev–Trinajstić information content (AvgIpc) is 3.66. The van der Waals surface area contributed by atoms with Crippen LogP contribution in [0, 0.1) is 11.3 Å². The highest BCUT2D eigenvalue weighted by Crippen LogP contribution is 2.68. The number of fused-ring (bicyclic) bond motifs is 2. The highest BCUT2D eigenvalue weighted by molar-refractivity contribution is 8.26. The zero-order valence-corrected chi connectivity index (χ0v) is 24.1. The number of nitriles is 1. The van der Waals surface area contributed by atoms with Gasteiger partial charge in [0.15, 0.2) is 0 Å². The lowest BCUT2D eigenvalue weighted by Crippen LogP contribution is -2.39. The fraction of sp³-hybridized carbons (Fsp3) is 0.0714. The molecule has 0 bridgehead atoms. The van der Waals surface area contributed by atoms with Crippen molar-refractivity contribution in [2.75, 3.05) is 0 Å². The number of hydrogen-bond acceptors (Lipinski definition) is 10. The van der Waals surface area contributed by atoms with Crippen molar-refractivity contribution in [3.05, 3.63) is 91.4 Å². The average molecular weight is 619 g/mol. The first-order chi connectivity index (χ1) is 19.8. The number of carbonyl (C=O) groups excluding carboxylic acids is 3. The summed E-state index contributed by atoms with van der Waals surface area (Å²) in [6.45, 7) is 0.372. The third-order valence-corrected chi connectivity index (χ3v) is 11.6. The SMILES string of the molecule is N#CC(C(N)=O)=C1Sc2c(O)c3c(c(O)c2S1)SC(=C1C(=O)N(Cc2ccccc2)N(Cc2ccccc2)C1=O)S3. The zero-order chi connectivity index (χ0) is 28.8. The molecule has 204 valence electrons. The predicted octanol–water partition coefficient (Wildman–Crippen LogP) is 4.91. The van der Waals surface area contributed by atoms with Crippen LogP contribution in [0.5, 0.6) is 11.5 Å². The molecule has 0 saturated carbocycles. The first-order valence-electron chi connectivity index (χ1n) is 12.0. The van der Waals surface area contributed by atoms with Crippen LogP contribution < -0.4 is 5.73 Å². The second-order valence-electron chi connectivity index (χ2n) is 8.92. The molecule has 3 amide bonds. The van der Waals surface area contributed by atoms with E-state index in [1.807, 2.05) is 60.7 Å². The second-order valence-corrected chi connectivity index (χ2v) is 13.5. The van der Waals surface area contributed by atoms with E-state index in [0.717, 1.165) is 58.2 Å². The summed E-state index contributed by atoms with van der Waals surface area (Å²) in [6.07, 6.45) is 0. The van der Waals surface area contributed by atoms with Gasteiger partial charge in [0, 0.05) is 0 Å². The minimum Gasteiger partial charge on any atom is -0.505 e. The van der Waals surface area contributed by atoms with E-state index in [0.29, 0.717) is 4.24 Å². The molecule has 3 aliphatic heterocycles. The molecule has 1 fully saturated rings. The van der Waals surface area contributed by atoms with Crippen molar-refractivity contribution in [1.29, 1.82) is 5.26 Å². The number of nitrogens with two attached hydrogens (primary N) is 1. The lowest BCUT2D eigenvalue weighted by atomic mass is 10.2. The van der Waals surface area contributed by atoms with Gasteiger partial charge in [0.25, 0.3) is 17.7 Å². The van der Waals surface area contributed by atoms with Gasteiger partial charge in [0.1, 0.15) is 28.7 Å². The Labute approximate surface area is 251 Å². The van der Waals surface area contributed by atoms with Crippen molar-refractivity contribution in [1.82, 2.24) is 10.0 Å². The van der Waals surface area contributed by atoms with E-state index in [4.69, 9.17) is 5.73 Å². The van der Waals surface area contributed by atoms with Gasteiger partial charge in [-0.3, -0.25) is 14.4 Å². The first kappa shape index (κ1) is 27.2. The molecule has 1 saturated heterocycles. The molecule has 0 spiro atoms. The largest absolute Gasteiger partial charge is 0.505 e. The summed E-state index contributed by atoms with van der Waals surface area (Å²) in [5.74, 6) is -2.20. The number of hydrogen-bond donors (Lipinski definition) is 3. The third-order valence-electron chi connectivity index (χ3n) is 6.36. The molecule has 13 heteroatoms. The summed E-state index contributed by atoms with van der Waals surface area (Å²) in [5.41, 5.74) is 6.71. The molecule has 6 rings (SSSR count).